The van der Waals surface area contributed by atoms with Gasteiger partial charge >= 0.3 is 0 Å². The Kier molecular flexibility index (Phi) is 8.91. The van der Waals surface area contributed by atoms with Crippen molar-refractivity contribution in [1.82, 2.24) is 25.3 Å². The molecule has 1 aliphatic rings. The minimum absolute atomic E-state index is 0.258. The molecule has 0 saturated carbocycles. The summed E-state index contributed by atoms with van der Waals surface area (Å²) in [7, 11) is 0. The summed E-state index contributed by atoms with van der Waals surface area (Å²) in [6.07, 6.45) is 0.997. The second-order valence-corrected chi connectivity index (χ2v) is 8.23. The number of rotatable bonds is 9. The first-order chi connectivity index (χ1) is 15.1. The number of aryl methyl sites for hydroxylation is 4. The maximum absolute atomic E-state index is 5.58. The van der Waals surface area contributed by atoms with E-state index in [2.05, 4.69) is 76.4 Å². The van der Waals surface area contributed by atoms with E-state index in [0.717, 1.165) is 70.6 Å². The lowest BCUT2D eigenvalue weighted by molar-refractivity contribution is 0.0179. The largest absolute Gasteiger partial charge is 0.379 e. The van der Waals surface area contributed by atoms with Crippen molar-refractivity contribution in [3.8, 4) is 0 Å². The molecule has 0 spiro atoms. The van der Waals surface area contributed by atoms with Gasteiger partial charge in [0, 0.05) is 38.4 Å². The number of guanidine groups is 1. The van der Waals surface area contributed by atoms with Crippen LogP contribution in [-0.4, -0.2) is 66.6 Å². The fraction of sp³-hybridized carbons (Fsp3) is 0.583. The quantitative estimate of drug-likeness (QED) is 0.367. The van der Waals surface area contributed by atoms with Crippen molar-refractivity contribution in [2.75, 3.05) is 45.9 Å². The van der Waals surface area contributed by atoms with E-state index in [1.165, 1.54) is 16.8 Å². The highest BCUT2D eigenvalue weighted by atomic mass is 16.5. The number of nitrogens with zero attached hydrogens (tertiary/aromatic N) is 4. The molecule has 7 heteroatoms. The molecule has 1 unspecified atom stereocenters. The van der Waals surface area contributed by atoms with E-state index in [1.807, 2.05) is 6.92 Å². The lowest BCUT2D eigenvalue weighted by Gasteiger charge is -2.34. The molecule has 0 bridgehead atoms. The van der Waals surface area contributed by atoms with Crippen LogP contribution in [0.15, 0.2) is 35.3 Å². The van der Waals surface area contributed by atoms with Crippen LogP contribution in [0.4, 0.5) is 0 Å². The van der Waals surface area contributed by atoms with Crippen molar-refractivity contribution >= 4 is 5.96 Å². The molecule has 1 atom stereocenters. The zero-order valence-electron chi connectivity index (χ0n) is 19.5. The SMILES string of the molecule is CCNC(=NCC(c1cccc(C)c1)N1CCOCC1)NCCCn1nc(C)cc1C. The van der Waals surface area contributed by atoms with Crippen LogP contribution in [-0.2, 0) is 11.3 Å². The molecule has 31 heavy (non-hydrogen) atoms. The summed E-state index contributed by atoms with van der Waals surface area (Å²) >= 11 is 0. The molecule has 2 aromatic rings. The third kappa shape index (κ3) is 7.08. The van der Waals surface area contributed by atoms with Gasteiger partial charge in [0.1, 0.15) is 0 Å². The first-order valence-corrected chi connectivity index (χ1v) is 11.5. The van der Waals surface area contributed by atoms with Crippen molar-refractivity contribution in [2.24, 2.45) is 4.99 Å². The standard InChI is InChI=1S/C24H38N6O/c1-5-25-24(26-10-7-11-30-21(4)17-20(3)28-30)27-18-23(29-12-14-31-15-13-29)22-9-6-8-19(2)16-22/h6,8-9,16-17,23H,5,7,10-15,18H2,1-4H3,(H2,25,26,27). The average Bonchev–Trinajstić information content (AvgIpc) is 3.09. The minimum Gasteiger partial charge on any atom is -0.379 e. The van der Waals surface area contributed by atoms with Gasteiger partial charge in [-0.15, -0.1) is 0 Å². The van der Waals surface area contributed by atoms with Crippen molar-refractivity contribution in [3.05, 3.63) is 52.8 Å². The van der Waals surface area contributed by atoms with Gasteiger partial charge in [0.15, 0.2) is 5.96 Å². The highest BCUT2D eigenvalue weighted by Crippen LogP contribution is 2.23. The van der Waals surface area contributed by atoms with Crippen LogP contribution >= 0.6 is 0 Å². The molecular weight excluding hydrogens is 388 g/mol. The summed E-state index contributed by atoms with van der Waals surface area (Å²) in [6, 6.07) is 11.2. The predicted octanol–water partition coefficient (Wildman–Crippen LogP) is 2.83. The summed E-state index contributed by atoms with van der Waals surface area (Å²) in [6.45, 7) is 15.2. The molecule has 7 nitrogen and oxygen atoms in total. The van der Waals surface area contributed by atoms with E-state index >= 15 is 0 Å². The van der Waals surface area contributed by atoms with Gasteiger partial charge in [-0.3, -0.25) is 14.6 Å². The zero-order valence-corrected chi connectivity index (χ0v) is 19.5. The second-order valence-electron chi connectivity index (χ2n) is 8.23. The third-order valence-electron chi connectivity index (χ3n) is 5.62. The van der Waals surface area contributed by atoms with Gasteiger partial charge in [-0.05, 0) is 45.7 Å². The molecular formula is C24H38N6O. The predicted molar refractivity (Wildman–Crippen MR) is 127 cm³/mol. The molecule has 0 aliphatic carbocycles. The molecule has 170 valence electrons. The summed E-state index contributed by atoms with van der Waals surface area (Å²) in [4.78, 5) is 7.44. The maximum atomic E-state index is 5.58. The van der Waals surface area contributed by atoms with Crippen LogP contribution in [0.3, 0.4) is 0 Å². The van der Waals surface area contributed by atoms with Gasteiger partial charge < -0.3 is 15.4 Å². The maximum Gasteiger partial charge on any atom is 0.191 e. The van der Waals surface area contributed by atoms with Crippen molar-refractivity contribution in [2.45, 2.75) is 46.7 Å². The van der Waals surface area contributed by atoms with E-state index in [4.69, 9.17) is 9.73 Å². The zero-order chi connectivity index (χ0) is 22.1. The van der Waals surface area contributed by atoms with Crippen molar-refractivity contribution in [3.63, 3.8) is 0 Å². The Morgan fingerprint density at radius 2 is 1.97 bits per heavy atom. The van der Waals surface area contributed by atoms with E-state index in [0.29, 0.717) is 0 Å². The van der Waals surface area contributed by atoms with E-state index < -0.39 is 0 Å². The first kappa shape index (κ1) is 23.3. The number of aliphatic imine (C=N–C) groups is 1. The number of hydrogen-bond donors (Lipinski definition) is 2. The van der Waals surface area contributed by atoms with Gasteiger partial charge in [0.2, 0.25) is 0 Å². The third-order valence-corrected chi connectivity index (χ3v) is 5.62. The second kappa shape index (κ2) is 11.9. The van der Waals surface area contributed by atoms with Gasteiger partial charge in [-0.2, -0.15) is 5.10 Å². The summed E-state index contributed by atoms with van der Waals surface area (Å²) < 4.78 is 7.65. The molecule has 1 aliphatic heterocycles. The van der Waals surface area contributed by atoms with Crippen molar-refractivity contribution in [1.29, 1.82) is 0 Å². The number of benzene rings is 1. The van der Waals surface area contributed by atoms with Crippen LogP contribution in [0.2, 0.25) is 0 Å². The molecule has 1 aromatic heterocycles. The van der Waals surface area contributed by atoms with Gasteiger partial charge in [-0.1, -0.05) is 29.8 Å². The Hall–Kier alpha value is -2.38. The van der Waals surface area contributed by atoms with Crippen molar-refractivity contribution < 1.29 is 4.74 Å². The van der Waals surface area contributed by atoms with Crippen LogP contribution in [0.1, 0.15) is 41.9 Å². The summed E-state index contributed by atoms with van der Waals surface area (Å²) in [5.74, 6) is 0.877. The molecule has 2 heterocycles. The lowest BCUT2D eigenvalue weighted by Crippen LogP contribution is -2.42. The summed E-state index contributed by atoms with van der Waals surface area (Å²) in [5.41, 5.74) is 4.90. The summed E-state index contributed by atoms with van der Waals surface area (Å²) in [5, 5.41) is 11.4. The Balaban J connectivity index is 1.61. The van der Waals surface area contributed by atoms with E-state index in [1.54, 1.807) is 0 Å². The highest BCUT2D eigenvalue weighted by molar-refractivity contribution is 5.79. The number of ether oxygens (including phenoxy) is 1. The Labute approximate surface area is 186 Å². The smallest absolute Gasteiger partial charge is 0.191 e. The van der Waals surface area contributed by atoms with Crippen LogP contribution in [0, 0.1) is 20.8 Å². The van der Waals surface area contributed by atoms with E-state index in [-0.39, 0.29) is 6.04 Å². The topological polar surface area (TPSA) is 66.7 Å². The van der Waals surface area contributed by atoms with Crippen LogP contribution < -0.4 is 10.6 Å². The number of morpholine rings is 1. The lowest BCUT2D eigenvalue weighted by atomic mass is 10.0. The molecule has 2 N–H and O–H groups in total. The van der Waals surface area contributed by atoms with Gasteiger partial charge in [-0.25, -0.2) is 0 Å². The molecule has 3 rings (SSSR count). The minimum atomic E-state index is 0.258. The van der Waals surface area contributed by atoms with Crippen LogP contribution in [0.25, 0.3) is 0 Å². The highest BCUT2D eigenvalue weighted by Gasteiger charge is 2.22. The molecule has 1 fully saturated rings. The van der Waals surface area contributed by atoms with E-state index in [9.17, 15) is 0 Å². The molecule has 0 amide bonds. The normalized spacial score (nSPS) is 16.3. The Bertz CT molecular complexity index is 840. The number of hydrogen-bond acceptors (Lipinski definition) is 4. The monoisotopic (exact) mass is 426 g/mol. The average molecular weight is 427 g/mol. The fourth-order valence-corrected chi connectivity index (χ4v) is 4.05. The van der Waals surface area contributed by atoms with Crippen LogP contribution in [0.5, 0.6) is 0 Å². The molecule has 1 aromatic carbocycles. The Morgan fingerprint density at radius 1 is 1.16 bits per heavy atom. The number of aromatic nitrogens is 2. The Morgan fingerprint density at radius 3 is 2.65 bits per heavy atom. The molecule has 0 radical (unpaired) electrons. The number of nitrogens with one attached hydrogen (secondary N) is 2. The fourth-order valence-electron chi connectivity index (χ4n) is 4.05. The first-order valence-electron chi connectivity index (χ1n) is 11.5. The van der Waals surface area contributed by atoms with Gasteiger partial charge in [0.05, 0.1) is 31.5 Å². The molecule has 1 saturated heterocycles. The van der Waals surface area contributed by atoms with Gasteiger partial charge in [0.25, 0.3) is 0 Å².